The third-order valence-electron chi connectivity index (χ3n) is 4.03. The zero-order chi connectivity index (χ0) is 20.3. The second kappa shape index (κ2) is 8.44. The first-order valence-electron chi connectivity index (χ1n) is 8.82. The van der Waals surface area contributed by atoms with Crippen LogP contribution in [-0.4, -0.2) is 27.5 Å². The highest BCUT2D eigenvalue weighted by molar-refractivity contribution is 6.31. The summed E-state index contributed by atoms with van der Waals surface area (Å²) in [6, 6.07) is 13.0. The number of hydrogen-bond acceptors (Lipinski definition) is 3. The number of benzene rings is 2. The quantitative estimate of drug-likeness (QED) is 0.595. The molecule has 0 bridgehead atoms. The van der Waals surface area contributed by atoms with Crippen molar-refractivity contribution in [2.75, 3.05) is 6.61 Å². The Bertz CT molecular complexity index is 984. The average Bonchev–Trinajstić information content (AvgIpc) is 3.04. The molecule has 0 saturated heterocycles. The lowest BCUT2D eigenvalue weighted by Gasteiger charge is -2.10. The van der Waals surface area contributed by atoms with Crippen molar-refractivity contribution in [1.82, 2.24) is 9.78 Å². The Morgan fingerprint density at radius 2 is 1.93 bits per heavy atom. The largest absolute Gasteiger partial charge is 0.481 e. The third kappa shape index (κ3) is 4.70. The van der Waals surface area contributed by atoms with Gasteiger partial charge in [0.1, 0.15) is 11.6 Å². The van der Waals surface area contributed by atoms with E-state index in [1.807, 2.05) is 10.7 Å². The fourth-order valence-corrected chi connectivity index (χ4v) is 3.03. The van der Waals surface area contributed by atoms with E-state index in [4.69, 9.17) is 21.4 Å². The summed E-state index contributed by atoms with van der Waals surface area (Å²) >= 11 is 6.15. The lowest BCUT2D eigenvalue weighted by Crippen LogP contribution is -2.10. The molecule has 2 aromatic carbocycles. The molecule has 0 unspecified atom stereocenters. The Morgan fingerprint density at radius 1 is 1.21 bits per heavy atom. The molecule has 0 aliphatic rings. The highest BCUT2D eigenvalue weighted by atomic mass is 35.5. The zero-order valence-electron chi connectivity index (χ0n) is 15.5. The molecule has 0 spiro atoms. The number of hydrogen-bond donors (Lipinski definition) is 1. The molecule has 3 rings (SSSR count). The highest BCUT2D eigenvalue weighted by Gasteiger charge is 2.17. The fourth-order valence-electron chi connectivity index (χ4n) is 2.85. The topological polar surface area (TPSA) is 64.4 Å². The molecule has 28 heavy (non-hydrogen) atoms. The van der Waals surface area contributed by atoms with E-state index < -0.39 is 12.6 Å². The SMILES string of the molecule is CC(C)Cn1nc(-c2cc(Cl)ccc2OCC(=O)O)cc1-c1ccc(F)cc1. The van der Waals surface area contributed by atoms with Gasteiger partial charge in [0.2, 0.25) is 0 Å². The van der Waals surface area contributed by atoms with Crippen molar-refractivity contribution in [3.05, 3.63) is 59.4 Å². The first-order valence-corrected chi connectivity index (χ1v) is 9.19. The molecule has 0 saturated carbocycles. The number of carboxylic acid groups (broad SMARTS) is 1. The van der Waals surface area contributed by atoms with E-state index >= 15 is 0 Å². The van der Waals surface area contributed by atoms with Gasteiger partial charge in [0.25, 0.3) is 0 Å². The monoisotopic (exact) mass is 402 g/mol. The lowest BCUT2D eigenvalue weighted by molar-refractivity contribution is -0.139. The summed E-state index contributed by atoms with van der Waals surface area (Å²) in [4.78, 5) is 10.9. The van der Waals surface area contributed by atoms with Crippen LogP contribution in [0, 0.1) is 11.7 Å². The van der Waals surface area contributed by atoms with Crippen molar-refractivity contribution >= 4 is 17.6 Å². The molecule has 1 aromatic heterocycles. The summed E-state index contributed by atoms with van der Waals surface area (Å²) in [7, 11) is 0. The number of nitrogens with zero attached hydrogens (tertiary/aromatic N) is 2. The third-order valence-corrected chi connectivity index (χ3v) is 4.26. The van der Waals surface area contributed by atoms with E-state index in [0.29, 0.717) is 34.5 Å². The van der Waals surface area contributed by atoms with Crippen molar-refractivity contribution in [3.8, 4) is 28.3 Å². The minimum atomic E-state index is -1.07. The number of carbonyl (C=O) groups is 1. The van der Waals surface area contributed by atoms with E-state index in [-0.39, 0.29) is 5.82 Å². The van der Waals surface area contributed by atoms with Crippen LogP contribution in [0.1, 0.15) is 13.8 Å². The number of carboxylic acids is 1. The van der Waals surface area contributed by atoms with Crippen LogP contribution in [0.25, 0.3) is 22.5 Å². The van der Waals surface area contributed by atoms with Gasteiger partial charge >= 0.3 is 5.97 Å². The first-order chi connectivity index (χ1) is 13.3. The Morgan fingerprint density at radius 3 is 2.57 bits per heavy atom. The second-order valence-electron chi connectivity index (χ2n) is 6.82. The molecule has 7 heteroatoms. The zero-order valence-corrected chi connectivity index (χ0v) is 16.3. The molecule has 0 atom stereocenters. The van der Waals surface area contributed by atoms with Crippen LogP contribution in [0.5, 0.6) is 5.75 Å². The summed E-state index contributed by atoms with van der Waals surface area (Å²) in [6.07, 6.45) is 0. The van der Waals surface area contributed by atoms with E-state index in [0.717, 1.165) is 11.3 Å². The fraction of sp³-hybridized carbons (Fsp3) is 0.238. The lowest BCUT2D eigenvalue weighted by atomic mass is 10.1. The van der Waals surface area contributed by atoms with Gasteiger partial charge in [0.05, 0.1) is 11.4 Å². The molecule has 0 radical (unpaired) electrons. The van der Waals surface area contributed by atoms with Crippen molar-refractivity contribution in [1.29, 1.82) is 0 Å². The minimum Gasteiger partial charge on any atom is -0.481 e. The van der Waals surface area contributed by atoms with Crippen LogP contribution < -0.4 is 4.74 Å². The number of aliphatic carboxylic acids is 1. The predicted octanol–water partition coefficient (Wildman–Crippen LogP) is 5.13. The van der Waals surface area contributed by atoms with Crippen molar-refractivity contribution in [3.63, 3.8) is 0 Å². The van der Waals surface area contributed by atoms with E-state index in [1.54, 1.807) is 30.3 Å². The Kier molecular flexibility index (Phi) is 5.99. The molecule has 0 aliphatic carbocycles. The van der Waals surface area contributed by atoms with Crippen molar-refractivity contribution in [2.45, 2.75) is 20.4 Å². The summed E-state index contributed by atoms with van der Waals surface area (Å²) in [5, 5.41) is 14.1. The van der Waals surface area contributed by atoms with Gasteiger partial charge in [-0.25, -0.2) is 9.18 Å². The van der Waals surface area contributed by atoms with Gasteiger partial charge in [-0.3, -0.25) is 4.68 Å². The van der Waals surface area contributed by atoms with Crippen LogP contribution in [0.4, 0.5) is 4.39 Å². The summed E-state index contributed by atoms with van der Waals surface area (Å²) in [5.41, 5.74) is 2.85. The predicted molar refractivity (Wildman–Crippen MR) is 106 cm³/mol. The van der Waals surface area contributed by atoms with Gasteiger partial charge in [-0.05, 0) is 54.4 Å². The summed E-state index contributed by atoms with van der Waals surface area (Å²) in [5.74, 6) is -0.656. The summed E-state index contributed by atoms with van der Waals surface area (Å²) in [6.45, 7) is 4.36. The Labute approximate surface area is 167 Å². The van der Waals surface area contributed by atoms with Crippen LogP contribution in [0.3, 0.4) is 0 Å². The molecule has 0 amide bonds. The summed E-state index contributed by atoms with van der Waals surface area (Å²) < 4.78 is 20.6. The first kappa shape index (κ1) is 19.9. The van der Waals surface area contributed by atoms with Crippen LogP contribution in [0.2, 0.25) is 5.02 Å². The van der Waals surface area contributed by atoms with Crippen molar-refractivity contribution in [2.24, 2.45) is 5.92 Å². The van der Waals surface area contributed by atoms with Gasteiger partial charge in [0, 0.05) is 22.7 Å². The molecular formula is C21H20ClFN2O3. The van der Waals surface area contributed by atoms with Gasteiger partial charge < -0.3 is 9.84 Å². The standard InChI is InChI=1S/C21H20ClFN2O3/c1-13(2)11-25-19(14-3-6-16(23)7-4-14)10-18(24-25)17-9-15(22)5-8-20(17)28-12-21(26)27/h3-10,13H,11-12H2,1-2H3,(H,26,27). The number of ether oxygens (including phenoxy) is 1. The number of halogens is 2. The average molecular weight is 403 g/mol. The van der Waals surface area contributed by atoms with Crippen LogP contribution in [0.15, 0.2) is 48.5 Å². The smallest absolute Gasteiger partial charge is 0.341 e. The molecule has 3 aromatic rings. The van der Waals surface area contributed by atoms with E-state index in [2.05, 4.69) is 18.9 Å². The maximum Gasteiger partial charge on any atom is 0.341 e. The van der Waals surface area contributed by atoms with E-state index in [1.165, 1.54) is 12.1 Å². The van der Waals surface area contributed by atoms with Gasteiger partial charge in [-0.2, -0.15) is 5.10 Å². The maximum atomic E-state index is 13.3. The molecular weight excluding hydrogens is 383 g/mol. The number of rotatable bonds is 7. The maximum absolute atomic E-state index is 13.3. The molecule has 1 heterocycles. The van der Waals surface area contributed by atoms with Gasteiger partial charge in [-0.1, -0.05) is 25.4 Å². The highest BCUT2D eigenvalue weighted by Crippen LogP contribution is 2.34. The van der Waals surface area contributed by atoms with Gasteiger partial charge in [-0.15, -0.1) is 0 Å². The van der Waals surface area contributed by atoms with Crippen LogP contribution in [-0.2, 0) is 11.3 Å². The Hall–Kier alpha value is -2.86. The minimum absolute atomic E-state index is 0.307. The molecule has 0 fully saturated rings. The van der Waals surface area contributed by atoms with Crippen molar-refractivity contribution < 1.29 is 19.0 Å². The normalized spacial score (nSPS) is 11.0. The van der Waals surface area contributed by atoms with Gasteiger partial charge in [0.15, 0.2) is 6.61 Å². The van der Waals surface area contributed by atoms with Crippen LogP contribution >= 0.6 is 11.6 Å². The molecule has 5 nitrogen and oxygen atoms in total. The second-order valence-corrected chi connectivity index (χ2v) is 7.26. The number of aromatic nitrogens is 2. The molecule has 146 valence electrons. The molecule has 0 aliphatic heterocycles. The van der Waals surface area contributed by atoms with E-state index in [9.17, 15) is 9.18 Å². The molecule has 1 N–H and O–H groups in total. The Balaban J connectivity index is 2.08.